The molecule has 3 heterocycles. The van der Waals surface area contributed by atoms with Crippen molar-refractivity contribution in [2.24, 2.45) is 5.73 Å². The lowest BCUT2D eigenvalue weighted by Crippen LogP contribution is -2.48. The Morgan fingerprint density at radius 2 is 1.82 bits per heavy atom. The number of nitrogens with one attached hydrogen (secondary N) is 1. The first-order valence-electron chi connectivity index (χ1n) is 15.0. The molecule has 0 atom stereocenters. The zero-order valence-electron chi connectivity index (χ0n) is 25.1. The van der Waals surface area contributed by atoms with E-state index in [-0.39, 0.29) is 31.9 Å². The molecule has 6 rings (SSSR count). The number of likely N-dealkylation sites (tertiary alicyclic amines) is 1. The van der Waals surface area contributed by atoms with Crippen LogP contribution in [0.4, 0.5) is 31.9 Å². The van der Waals surface area contributed by atoms with Crippen molar-refractivity contribution in [1.29, 1.82) is 0 Å². The van der Waals surface area contributed by atoms with E-state index in [1.54, 1.807) is 6.07 Å². The SMILES string of the molecule is COc1cc(C(N)=O)ccc1Nc1ncc2c(n1)N(C1CCCC1)CC(F)(F)C(=O)N2C.[HH].[HH].c1ccc(CN2CCCC2)cc1. The van der Waals surface area contributed by atoms with Gasteiger partial charge in [-0.05, 0) is 62.5 Å². The summed E-state index contributed by atoms with van der Waals surface area (Å²) in [5.41, 5.74) is 7.71. The zero-order chi connectivity index (χ0) is 31.3. The number of halogens is 2. The second-order valence-corrected chi connectivity index (χ2v) is 11.4. The second-order valence-electron chi connectivity index (χ2n) is 11.4. The minimum atomic E-state index is -3.54. The van der Waals surface area contributed by atoms with Gasteiger partial charge in [0.05, 0.1) is 25.5 Å². The second kappa shape index (κ2) is 13.5. The number of nitrogens with zero attached hydrogens (tertiary/aromatic N) is 5. The third-order valence-electron chi connectivity index (χ3n) is 8.32. The molecule has 2 aliphatic heterocycles. The summed E-state index contributed by atoms with van der Waals surface area (Å²) in [4.78, 5) is 37.5. The molecule has 0 bridgehead atoms. The van der Waals surface area contributed by atoms with Crippen LogP contribution in [0.15, 0.2) is 54.7 Å². The summed E-state index contributed by atoms with van der Waals surface area (Å²) in [6.45, 7) is 2.98. The molecule has 2 fully saturated rings. The minimum Gasteiger partial charge on any atom is -0.495 e. The lowest BCUT2D eigenvalue weighted by Gasteiger charge is -2.31. The molecule has 3 aliphatic rings. The monoisotopic (exact) mass is 611 g/mol. The number of benzene rings is 2. The number of carbonyl (C=O) groups is 2. The van der Waals surface area contributed by atoms with Crippen LogP contribution in [0.3, 0.4) is 0 Å². The predicted molar refractivity (Wildman–Crippen MR) is 170 cm³/mol. The normalized spacial score (nSPS) is 18.3. The van der Waals surface area contributed by atoms with E-state index in [1.165, 1.54) is 68.9 Å². The number of amides is 2. The quantitative estimate of drug-likeness (QED) is 0.362. The van der Waals surface area contributed by atoms with Gasteiger partial charge < -0.3 is 25.6 Å². The molecule has 1 saturated heterocycles. The van der Waals surface area contributed by atoms with Crippen LogP contribution >= 0.6 is 0 Å². The number of nitrogens with two attached hydrogens (primary N) is 1. The first-order chi connectivity index (χ1) is 21.2. The fourth-order valence-corrected chi connectivity index (χ4v) is 5.95. The highest BCUT2D eigenvalue weighted by Crippen LogP contribution is 2.40. The van der Waals surface area contributed by atoms with Gasteiger partial charge in [-0.1, -0.05) is 43.2 Å². The largest absolute Gasteiger partial charge is 0.495 e. The van der Waals surface area contributed by atoms with E-state index in [0.29, 0.717) is 11.4 Å². The van der Waals surface area contributed by atoms with E-state index >= 15 is 0 Å². The molecule has 12 heteroatoms. The van der Waals surface area contributed by atoms with Crippen molar-refractivity contribution in [3.63, 3.8) is 0 Å². The number of carbonyl (C=O) groups excluding carboxylic acids is 2. The van der Waals surface area contributed by atoms with Gasteiger partial charge in [0.2, 0.25) is 11.9 Å². The maximum absolute atomic E-state index is 14.7. The Hall–Kier alpha value is -4.32. The number of hydrogen-bond donors (Lipinski definition) is 2. The average molecular weight is 612 g/mol. The molecule has 0 radical (unpaired) electrons. The third kappa shape index (κ3) is 7.07. The van der Waals surface area contributed by atoms with Crippen molar-refractivity contribution in [3.05, 3.63) is 65.9 Å². The van der Waals surface area contributed by atoms with Crippen LogP contribution in [0.1, 0.15) is 57.3 Å². The highest BCUT2D eigenvalue weighted by atomic mass is 19.3. The molecule has 10 nitrogen and oxygen atoms in total. The summed E-state index contributed by atoms with van der Waals surface area (Å²) in [7, 11) is 2.74. The Morgan fingerprint density at radius 3 is 2.48 bits per heavy atom. The molecule has 2 amide bonds. The Balaban J connectivity index is 0.000000346. The number of hydrogen-bond acceptors (Lipinski definition) is 8. The summed E-state index contributed by atoms with van der Waals surface area (Å²) in [5, 5.41) is 3.00. The number of primary amides is 1. The fourth-order valence-electron chi connectivity index (χ4n) is 5.95. The number of aromatic nitrogens is 2. The Morgan fingerprint density at radius 1 is 1.11 bits per heavy atom. The standard InChI is InChI=1S/C21H24F2N6O3.C11H15N.2H2/c1-28-15-10-25-20(26-14-8-7-12(17(24)30)9-16(14)32-2)27-18(15)29(13-5-3-4-6-13)11-21(22,23)19(28)31;1-2-6-11(7-3-1)10-12-8-4-5-9-12;;/h7-10,13H,3-6,11H2,1-2H3,(H2,24,30)(H,25,26,27);1-3,6-7H,4-5,8-10H2;2*1H. The van der Waals surface area contributed by atoms with E-state index in [9.17, 15) is 18.4 Å². The van der Waals surface area contributed by atoms with Crippen molar-refractivity contribution in [3.8, 4) is 5.75 Å². The smallest absolute Gasteiger partial charge is 0.342 e. The van der Waals surface area contributed by atoms with Crippen molar-refractivity contribution in [2.75, 3.05) is 48.9 Å². The molecule has 238 valence electrons. The first-order valence-corrected chi connectivity index (χ1v) is 15.0. The average Bonchev–Trinajstić information content (AvgIpc) is 3.74. The van der Waals surface area contributed by atoms with E-state index in [0.717, 1.165) is 37.1 Å². The molecular weight excluding hydrogens is 568 g/mol. The molecule has 1 aliphatic carbocycles. The fraction of sp³-hybridized carbons (Fsp3) is 0.438. The van der Waals surface area contributed by atoms with Crippen LogP contribution in [0.25, 0.3) is 0 Å². The highest BCUT2D eigenvalue weighted by molar-refractivity contribution is 6.02. The summed E-state index contributed by atoms with van der Waals surface area (Å²) in [6, 6.07) is 15.2. The maximum atomic E-state index is 14.7. The predicted octanol–water partition coefficient (Wildman–Crippen LogP) is 5.46. The maximum Gasteiger partial charge on any atom is 0.342 e. The number of rotatable bonds is 7. The Labute approximate surface area is 259 Å². The van der Waals surface area contributed by atoms with Gasteiger partial charge in [-0.2, -0.15) is 13.8 Å². The number of ether oxygens (including phenoxy) is 1. The molecule has 0 unspecified atom stereocenters. The lowest BCUT2D eigenvalue weighted by atomic mass is 10.2. The van der Waals surface area contributed by atoms with E-state index in [4.69, 9.17) is 10.5 Å². The Kier molecular flexibility index (Phi) is 9.58. The number of anilines is 4. The van der Waals surface area contributed by atoms with Gasteiger partial charge >= 0.3 is 5.92 Å². The van der Waals surface area contributed by atoms with E-state index < -0.39 is 24.3 Å². The first kappa shape index (κ1) is 31.1. The highest BCUT2D eigenvalue weighted by Gasteiger charge is 2.48. The molecule has 1 aromatic heterocycles. The minimum absolute atomic E-state index is 0. The summed E-state index contributed by atoms with van der Waals surface area (Å²) >= 11 is 0. The molecule has 3 aromatic rings. The molecular formula is C32H43F2N7O3. The van der Waals surface area contributed by atoms with Crippen molar-refractivity contribution >= 4 is 35.0 Å². The van der Waals surface area contributed by atoms with Crippen LogP contribution in [-0.2, 0) is 11.3 Å². The van der Waals surface area contributed by atoms with E-state index in [2.05, 4.69) is 50.5 Å². The van der Waals surface area contributed by atoms with Gasteiger partial charge in [0.25, 0.3) is 5.91 Å². The van der Waals surface area contributed by atoms with Gasteiger partial charge in [0.1, 0.15) is 11.4 Å². The van der Waals surface area contributed by atoms with Crippen LogP contribution < -0.4 is 25.6 Å². The molecule has 1 saturated carbocycles. The van der Waals surface area contributed by atoms with Crippen molar-refractivity contribution in [2.45, 2.75) is 57.0 Å². The van der Waals surface area contributed by atoms with Crippen LogP contribution in [0.5, 0.6) is 5.75 Å². The molecule has 3 N–H and O–H groups in total. The van der Waals surface area contributed by atoms with E-state index in [1.807, 2.05) is 0 Å². The molecule has 0 spiro atoms. The van der Waals surface area contributed by atoms with Gasteiger partial charge in [0, 0.05) is 28.1 Å². The Bertz CT molecular complexity index is 1470. The third-order valence-corrected chi connectivity index (χ3v) is 8.32. The van der Waals surface area contributed by atoms with Crippen LogP contribution in [-0.4, -0.2) is 72.4 Å². The number of alkyl halides is 2. The number of fused-ring (bicyclic) bond motifs is 1. The summed E-state index contributed by atoms with van der Waals surface area (Å²) in [6.07, 6.45) is 7.50. The molecule has 44 heavy (non-hydrogen) atoms. The lowest BCUT2D eigenvalue weighted by molar-refractivity contribution is -0.140. The zero-order valence-corrected chi connectivity index (χ0v) is 25.1. The van der Waals surface area contributed by atoms with Crippen LogP contribution in [0, 0.1) is 0 Å². The summed E-state index contributed by atoms with van der Waals surface area (Å²) < 4.78 is 34.7. The van der Waals surface area contributed by atoms with Gasteiger partial charge in [-0.25, -0.2) is 4.98 Å². The van der Waals surface area contributed by atoms with Gasteiger partial charge in [0.15, 0.2) is 5.82 Å². The topological polar surface area (TPSA) is 117 Å². The molecule has 2 aromatic carbocycles. The van der Waals surface area contributed by atoms with Gasteiger partial charge in [-0.15, -0.1) is 0 Å². The van der Waals surface area contributed by atoms with Crippen LogP contribution in [0.2, 0.25) is 0 Å². The summed E-state index contributed by atoms with van der Waals surface area (Å²) in [5.74, 6) is -4.67. The number of methoxy groups -OCH3 is 1. The van der Waals surface area contributed by atoms with Gasteiger partial charge in [-0.3, -0.25) is 14.5 Å². The van der Waals surface area contributed by atoms with Crippen molar-refractivity contribution < 1.29 is 26.0 Å². The van der Waals surface area contributed by atoms with Crippen molar-refractivity contribution in [1.82, 2.24) is 14.9 Å².